The lowest BCUT2D eigenvalue weighted by molar-refractivity contribution is 0.0510. The molecule has 4 nitrogen and oxygen atoms in total. The Balaban J connectivity index is 1.44. The lowest BCUT2D eigenvalue weighted by Crippen LogP contribution is -2.50. The number of hydrogen-bond acceptors (Lipinski definition) is 3. The molecule has 1 amide bonds. The molecule has 0 aromatic heterocycles. The van der Waals surface area contributed by atoms with E-state index in [1.54, 1.807) is 0 Å². The molecule has 0 saturated carbocycles. The first-order valence-electron chi connectivity index (χ1n) is 9.05. The Bertz CT molecular complexity index is 766. The second-order valence-electron chi connectivity index (χ2n) is 6.83. The third-order valence-electron chi connectivity index (χ3n) is 5.34. The molecule has 2 aliphatic rings. The van der Waals surface area contributed by atoms with Gasteiger partial charge in [0.2, 0.25) is 0 Å². The number of piperazine rings is 1. The highest BCUT2D eigenvalue weighted by atomic mass is 16.5. The van der Waals surface area contributed by atoms with Crippen LogP contribution in [-0.4, -0.2) is 48.5 Å². The Morgan fingerprint density at radius 2 is 1.72 bits per heavy atom. The zero-order chi connectivity index (χ0) is 17.2. The van der Waals surface area contributed by atoms with Gasteiger partial charge >= 0.3 is 0 Å². The van der Waals surface area contributed by atoms with Gasteiger partial charge in [0.15, 0.2) is 0 Å². The number of benzene rings is 2. The Morgan fingerprint density at radius 1 is 1.00 bits per heavy atom. The number of rotatable bonds is 2. The summed E-state index contributed by atoms with van der Waals surface area (Å²) in [7, 11) is 0. The van der Waals surface area contributed by atoms with Crippen LogP contribution in [0.3, 0.4) is 0 Å². The lowest BCUT2D eigenvalue weighted by atomic mass is 9.98. The van der Waals surface area contributed by atoms with Crippen molar-refractivity contribution >= 4 is 5.91 Å². The molecule has 25 heavy (non-hydrogen) atoms. The van der Waals surface area contributed by atoms with Gasteiger partial charge in [-0.3, -0.25) is 9.69 Å². The maximum atomic E-state index is 12.8. The molecule has 1 atom stereocenters. The summed E-state index contributed by atoms with van der Waals surface area (Å²) in [6.45, 7) is 6.17. The fourth-order valence-corrected chi connectivity index (χ4v) is 3.92. The topological polar surface area (TPSA) is 32.8 Å². The molecule has 0 N–H and O–H groups in total. The van der Waals surface area contributed by atoms with E-state index in [4.69, 9.17) is 4.74 Å². The fraction of sp³-hybridized carbons (Fsp3) is 0.381. The summed E-state index contributed by atoms with van der Waals surface area (Å²) < 4.78 is 5.78. The highest BCUT2D eigenvalue weighted by molar-refractivity contribution is 5.95. The third-order valence-corrected chi connectivity index (χ3v) is 5.34. The second kappa shape index (κ2) is 6.89. The molecule has 1 saturated heterocycles. The molecule has 0 radical (unpaired) electrons. The second-order valence-corrected chi connectivity index (χ2v) is 6.83. The summed E-state index contributed by atoms with van der Waals surface area (Å²) in [5, 5.41) is 0. The van der Waals surface area contributed by atoms with E-state index in [2.05, 4.69) is 23.1 Å². The van der Waals surface area contributed by atoms with Crippen LogP contribution in [0.2, 0.25) is 0 Å². The van der Waals surface area contributed by atoms with Gasteiger partial charge in [-0.05, 0) is 24.6 Å². The SMILES string of the molecule is Cc1ccccc1C(=O)N1CCN(C2CCOc3ccccc32)CC1. The first kappa shape index (κ1) is 16.2. The average Bonchev–Trinajstić information content (AvgIpc) is 2.67. The van der Waals surface area contributed by atoms with Crippen LogP contribution in [0.5, 0.6) is 5.75 Å². The average molecular weight is 336 g/mol. The van der Waals surface area contributed by atoms with E-state index in [9.17, 15) is 4.79 Å². The van der Waals surface area contributed by atoms with E-state index in [-0.39, 0.29) is 5.91 Å². The number of amides is 1. The molecule has 0 spiro atoms. The molecule has 1 unspecified atom stereocenters. The molecular weight excluding hydrogens is 312 g/mol. The number of ether oxygens (including phenoxy) is 1. The normalized spacial score (nSPS) is 20.7. The van der Waals surface area contributed by atoms with Crippen molar-refractivity contribution in [3.05, 3.63) is 65.2 Å². The number of carbonyl (C=O) groups is 1. The van der Waals surface area contributed by atoms with E-state index in [0.29, 0.717) is 6.04 Å². The van der Waals surface area contributed by atoms with Crippen molar-refractivity contribution in [1.82, 2.24) is 9.80 Å². The van der Waals surface area contributed by atoms with Gasteiger partial charge in [-0.1, -0.05) is 36.4 Å². The highest BCUT2D eigenvalue weighted by Gasteiger charge is 2.31. The van der Waals surface area contributed by atoms with Gasteiger partial charge in [0.1, 0.15) is 5.75 Å². The molecule has 1 fully saturated rings. The molecule has 2 aromatic carbocycles. The minimum Gasteiger partial charge on any atom is -0.493 e. The summed E-state index contributed by atoms with van der Waals surface area (Å²) in [5.41, 5.74) is 3.16. The van der Waals surface area contributed by atoms with Gasteiger partial charge in [-0.15, -0.1) is 0 Å². The number of nitrogens with zero attached hydrogens (tertiary/aromatic N) is 2. The number of carbonyl (C=O) groups excluding carboxylic acids is 1. The Labute approximate surface area is 149 Å². The van der Waals surface area contributed by atoms with Crippen LogP contribution < -0.4 is 4.74 Å². The molecule has 0 aliphatic carbocycles. The molecule has 2 heterocycles. The maximum Gasteiger partial charge on any atom is 0.254 e. The van der Waals surface area contributed by atoms with E-state index < -0.39 is 0 Å². The molecule has 130 valence electrons. The van der Waals surface area contributed by atoms with Gasteiger partial charge in [0, 0.05) is 49.8 Å². The predicted octanol–water partition coefficient (Wildman–Crippen LogP) is 3.28. The van der Waals surface area contributed by atoms with E-state index >= 15 is 0 Å². The van der Waals surface area contributed by atoms with Gasteiger partial charge in [0.05, 0.1) is 6.61 Å². The van der Waals surface area contributed by atoms with Crippen molar-refractivity contribution < 1.29 is 9.53 Å². The predicted molar refractivity (Wildman–Crippen MR) is 98.0 cm³/mol. The minimum absolute atomic E-state index is 0.158. The molecule has 2 aliphatic heterocycles. The van der Waals surface area contributed by atoms with Crippen LogP contribution in [0.15, 0.2) is 48.5 Å². The van der Waals surface area contributed by atoms with Crippen molar-refractivity contribution in [3.8, 4) is 5.75 Å². The third kappa shape index (κ3) is 3.14. The summed E-state index contributed by atoms with van der Waals surface area (Å²) in [6.07, 6.45) is 1.02. The zero-order valence-electron chi connectivity index (χ0n) is 14.6. The van der Waals surface area contributed by atoms with Gasteiger partial charge < -0.3 is 9.64 Å². The number of fused-ring (bicyclic) bond motifs is 1. The van der Waals surface area contributed by atoms with Crippen molar-refractivity contribution in [2.24, 2.45) is 0 Å². The number of aryl methyl sites for hydroxylation is 1. The summed E-state index contributed by atoms with van der Waals surface area (Å²) in [6, 6.07) is 16.6. The van der Waals surface area contributed by atoms with E-state index in [1.165, 1.54) is 5.56 Å². The van der Waals surface area contributed by atoms with Crippen LogP contribution >= 0.6 is 0 Å². The largest absolute Gasteiger partial charge is 0.493 e. The van der Waals surface area contributed by atoms with E-state index in [1.807, 2.05) is 42.2 Å². The van der Waals surface area contributed by atoms with E-state index in [0.717, 1.165) is 56.1 Å². The monoisotopic (exact) mass is 336 g/mol. The first-order chi connectivity index (χ1) is 12.2. The van der Waals surface area contributed by atoms with Crippen LogP contribution in [0.4, 0.5) is 0 Å². The molecule has 4 heteroatoms. The standard InChI is InChI=1S/C21H24N2O2/c1-16-6-2-3-7-17(16)21(24)23-13-11-22(12-14-23)19-10-15-25-20-9-5-4-8-18(19)20/h2-9,19H,10-15H2,1H3. The Morgan fingerprint density at radius 3 is 2.52 bits per heavy atom. The van der Waals surface area contributed by atoms with Crippen molar-refractivity contribution in [2.45, 2.75) is 19.4 Å². The molecular formula is C21H24N2O2. The summed E-state index contributed by atoms with van der Waals surface area (Å²) in [4.78, 5) is 17.3. The highest BCUT2D eigenvalue weighted by Crippen LogP contribution is 2.36. The van der Waals surface area contributed by atoms with Crippen molar-refractivity contribution in [3.63, 3.8) is 0 Å². The van der Waals surface area contributed by atoms with Gasteiger partial charge in [-0.2, -0.15) is 0 Å². The quantitative estimate of drug-likeness (QED) is 0.844. The van der Waals surface area contributed by atoms with Gasteiger partial charge in [0.25, 0.3) is 5.91 Å². The van der Waals surface area contributed by atoms with Crippen LogP contribution in [0, 0.1) is 6.92 Å². The number of para-hydroxylation sites is 1. The first-order valence-corrected chi connectivity index (χ1v) is 9.05. The lowest BCUT2D eigenvalue weighted by Gasteiger charge is -2.41. The summed E-state index contributed by atoms with van der Waals surface area (Å²) >= 11 is 0. The Kier molecular flexibility index (Phi) is 4.45. The maximum absolute atomic E-state index is 12.8. The van der Waals surface area contributed by atoms with Crippen LogP contribution in [0.25, 0.3) is 0 Å². The van der Waals surface area contributed by atoms with Gasteiger partial charge in [-0.25, -0.2) is 0 Å². The molecule has 4 rings (SSSR count). The Hall–Kier alpha value is -2.33. The summed E-state index contributed by atoms with van der Waals surface area (Å²) in [5.74, 6) is 1.17. The zero-order valence-corrected chi connectivity index (χ0v) is 14.6. The minimum atomic E-state index is 0.158. The smallest absolute Gasteiger partial charge is 0.254 e. The van der Waals surface area contributed by atoms with Crippen molar-refractivity contribution in [1.29, 1.82) is 0 Å². The molecule has 2 aromatic rings. The van der Waals surface area contributed by atoms with Crippen LogP contribution in [-0.2, 0) is 0 Å². The number of hydrogen-bond donors (Lipinski definition) is 0. The van der Waals surface area contributed by atoms with Crippen molar-refractivity contribution in [2.75, 3.05) is 32.8 Å². The van der Waals surface area contributed by atoms with Crippen LogP contribution in [0.1, 0.15) is 33.9 Å². The fourth-order valence-electron chi connectivity index (χ4n) is 3.92. The molecule has 0 bridgehead atoms.